The molecule has 4 nitrogen and oxygen atoms in total. The summed E-state index contributed by atoms with van der Waals surface area (Å²) in [6.07, 6.45) is 2.56. The molecular weight excluding hydrogens is 258 g/mol. The van der Waals surface area contributed by atoms with E-state index in [1.165, 1.54) is 12.8 Å². The van der Waals surface area contributed by atoms with Crippen LogP contribution in [0, 0.1) is 5.41 Å². The Morgan fingerprint density at radius 3 is 2.79 bits per heavy atom. The van der Waals surface area contributed by atoms with Crippen molar-refractivity contribution in [2.45, 2.75) is 32.3 Å². The number of nitrogens with zero attached hydrogens (tertiary/aromatic N) is 1. The number of aliphatic imine (C=N–C) groups is 1. The predicted molar refractivity (Wildman–Crippen MR) is 80.6 cm³/mol. The lowest BCUT2D eigenvalue weighted by molar-refractivity contribution is 0.0655. The highest BCUT2D eigenvalue weighted by Crippen LogP contribution is 2.43. The summed E-state index contributed by atoms with van der Waals surface area (Å²) < 4.78 is 0. The zero-order valence-corrected chi connectivity index (χ0v) is 12.7. The maximum Gasteiger partial charge on any atom is 0.191 e. The lowest BCUT2D eigenvalue weighted by atomic mass is 10.1. The smallest absolute Gasteiger partial charge is 0.191 e. The second kappa shape index (κ2) is 5.51. The topological polar surface area (TPSA) is 56.7 Å². The van der Waals surface area contributed by atoms with Gasteiger partial charge in [0.25, 0.3) is 0 Å². The van der Waals surface area contributed by atoms with Crippen molar-refractivity contribution in [3.05, 3.63) is 22.4 Å². The molecule has 3 N–H and O–H groups in total. The van der Waals surface area contributed by atoms with Gasteiger partial charge in [-0.05, 0) is 36.6 Å². The molecule has 2 rings (SSSR count). The van der Waals surface area contributed by atoms with Crippen LogP contribution in [0.2, 0.25) is 0 Å². The standard InChI is InChI=1S/C14H23N3OS/c1-13(6-7-13)9-16-12(15-3)17-10-14(2,18)11-5-4-8-19-11/h4-5,8,18H,6-7,9-10H2,1-3H3,(H2,15,16,17). The van der Waals surface area contributed by atoms with Crippen LogP contribution in [0.5, 0.6) is 0 Å². The number of hydrogen-bond acceptors (Lipinski definition) is 3. The van der Waals surface area contributed by atoms with E-state index in [1.54, 1.807) is 18.4 Å². The van der Waals surface area contributed by atoms with E-state index in [4.69, 9.17) is 0 Å². The first kappa shape index (κ1) is 14.3. The quantitative estimate of drug-likeness (QED) is 0.571. The summed E-state index contributed by atoms with van der Waals surface area (Å²) in [4.78, 5) is 5.15. The number of nitrogens with one attached hydrogen (secondary N) is 2. The fourth-order valence-corrected chi connectivity index (χ4v) is 2.62. The molecule has 1 aliphatic carbocycles. The first-order valence-electron chi connectivity index (χ1n) is 6.66. The summed E-state index contributed by atoms with van der Waals surface area (Å²) in [7, 11) is 1.75. The minimum Gasteiger partial charge on any atom is -0.383 e. The molecule has 0 amide bonds. The van der Waals surface area contributed by atoms with E-state index in [0.717, 1.165) is 17.4 Å². The zero-order valence-electron chi connectivity index (χ0n) is 11.9. The Labute approximate surface area is 119 Å². The highest BCUT2D eigenvalue weighted by atomic mass is 32.1. The van der Waals surface area contributed by atoms with Crippen LogP contribution in [0.25, 0.3) is 0 Å². The van der Waals surface area contributed by atoms with Crippen LogP contribution in [0.4, 0.5) is 0 Å². The number of thiophene rings is 1. The van der Waals surface area contributed by atoms with Crippen molar-refractivity contribution in [3.8, 4) is 0 Å². The van der Waals surface area contributed by atoms with Crippen molar-refractivity contribution >= 4 is 17.3 Å². The van der Waals surface area contributed by atoms with E-state index >= 15 is 0 Å². The number of hydrogen-bond donors (Lipinski definition) is 3. The molecule has 19 heavy (non-hydrogen) atoms. The molecule has 0 spiro atoms. The average Bonchev–Trinajstić information content (AvgIpc) is 2.90. The molecule has 1 unspecified atom stereocenters. The second-order valence-corrected chi connectivity index (χ2v) is 6.79. The van der Waals surface area contributed by atoms with Crippen LogP contribution in [-0.4, -0.2) is 31.2 Å². The molecule has 1 saturated carbocycles. The monoisotopic (exact) mass is 281 g/mol. The summed E-state index contributed by atoms with van der Waals surface area (Å²) in [5.41, 5.74) is -0.427. The molecule has 0 aliphatic heterocycles. The molecule has 1 heterocycles. The maximum atomic E-state index is 10.4. The minimum atomic E-state index is -0.866. The van der Waals surface area contributed by atoms with Gasteiger partial charge in [0.05, 0.1) is 6.54 Å². The van der Waals surface area contributed by atoms with Gasteiger partial charge in [-0.25, -0.2) is 0 Å². The fraction of sp³-hybridized carbons (Fsp3) is 0.643. The maximum absolute atomic E-state index is 10.4. The van der Waals surface area contributed by atoms with Crippen molar-refractivity contribution < 1.29 is 5.11 Å². The molecule has 1 aliphatic rings. The van der Waals surface area contributed by atoms with Crippen molar-refractivity contribution in [1.29, 1.82) is 0 Å². The van der Waals surface area contributed by atoms with Gasteiger partial charge in [-0.1, -0.05) is 13.0 Å². The Bertz CT molecular complexity index is 436. The number of guanidine groups is 1. The predicted octanol–water partition coefficient (Wildman–Crippen LogP) is 1.92. The van der Waals surface area contributed by atoms with Gasteiger partial charge in [-0.15, -0.1) is 11.3 Å². The lowest BCUT2D eigenvalue weighted by Crippen LogP contribution is -2.45. The fourth-order valence-electron chi connectivity index (χ4n) is 1.84. The van der Waals surface area contributed by atoms with E-state index in [2.05, 4.69) is 22.5 Å². The van der Waals surface area contributed by atoms with Crippen molar-refractivity contribution in [2.75, 3.05) is 20.1 Å². The van der Waals surface area contributed by atoms with Crippen LogP contribution in [0.3, 0.4) is 0 Å². The molecule has 1 fully saturated rings. The molecule has 0 radical (unpaired) electrons. The van der Waals surface area contributed by atoms with Gasteiger partial charge >= 0.3 is 0 Å². The third kappa shape index (κ3) is 3.94. The first-order chi connectivity index (χ1) is 8.95. The molecule has 0 aromatic carbocycles. The van der Waals surface area contributed by atoms with Crippen LogP contribution in [0.15, 0.2) is 22.5 Å². The van der Waals surface area contributed by atoms with Gasteiger partial charge < -0.3 is 15.7 Å². The summed E-state index contributed by atoms with van der Waals surface area (Å²) in [5, 5.41) is 18.9. The molecule has 1 aromatic rings. The van der Waals surface area contributed by atoms with E-state index < -0.39 is 5.60 Å². The van der Waals surface area contributed by atoms with Crippen molar-refractivity contribution in [3.63, 3.8) is 0 Å². The molecule has 0 saturated heterocycles. The molecule has 1 atom stereocenters. The van der Waals surface area contributed by atoms with Crippen LogP contribution < -0.4 is 10.6 Å². The Balaban J connectivity index is 1.82. The summed E-state index contributed by atoms with van der Waals surface area (Å²) >= 11 is 1.57. The summed E-state index contributed by atoms with van der Waals surface area (Å²) in [5.74, 6) is 0.755. The van der Waals surface area contributed by atoms with Crippen LogP contribution in [-0.2, 0) is 5.60 Å². The molecule has 1 aromatic heterocycles. The second-order valence-electron chi connectivity index (χ2n) is 5.84. The van der Waals surface area contributed by atoms with E-state index in [9.17, 15) is 5.11 Å². The molecule has 5 heteroatoms. The highest BCUT2D eigenvalue weighted by Gasteiger charge is 2.37. The SMILES string of the molecule is CN=C(NCC1(C)CC1)NCC(C)(O)c1cccs1. The minimum absolute atomic E-state index is 0.438. The van der Waals surface area contributed by atoms with Gasteiger partial charge in [0.2, 0.25) is 0 Å². The number of rotatable bonds is 5. The van der Waals surface area contributed by atoms with Gasteiger partial charge in [0.1, 0.15) is 5.60 Å². The van der Waals surface area contributed by atoms with E-state index in [1.807, 2.05) is 24.4 Å². The van der Waals surface area contributed by atoms with Gasteiger partial charge in [-0.2, -0.15) is 0 Å². The van der Waals surface area contributed by atoms with Crippen LogP contribution in [0.1, 0.15) is 31.6 Å². The Kier molecular flexibility index (Phi) is 4.16. The first-order valence-corrected chi connectivity index (χ1v) is 7.54. The third-order valence-corrected chi connectivity index (χ3v) is 4.78. The van der Waals surface area contributed by atoms with Gasteiger partial charge in [0, 0.05) is 18.5 Å². The summed E-state index contributed by atoms with van der Waals surface area (Å²) in [6, 6.07) is 3.91. The number of aliphatic hydroxyl groups is 1. The Morgan fingerprint density at radius 2 is 2.26 bits per heavy atom. The Morgan fingerprint density at radius 1 is 1.53 bits per heavy atom. The Hall–Kier alpha value is -1.07. The lowest BCUT2D eigenvalue weighted by Gasteiger charge is -2.24. The van der Waals surface area contributed by atoms with Crippen molar-refractivity contribution in [1.82, 2.24) is 10.6 Å². The van der Waals surface area contributed by atoms with E-state index in [0.29, 0.717) is 12.0 Å². The van der Waals surface area contributed by atoms with Gasteiger partial charge in [-0.3, -0.25) is 4.99 Å². The molecule has 106 valence electrons. The average molecular weight is 281 g/mol. The molecule has 0 bridgehead atoms. The van der Waals surface area contributed by atoms with Crippen molar-refractivity contribution in [2.24, 2.45) is 10.4 Å². The zero-order chi connectivity index (χ0) is 13.9. The highest BCUT2D eigenvalue weighted by molar-refractivity contribution is 7.10. The third-order valence-electron chi connectivity index (χ3n) is 3.66. The largest absolute Gasteiger partial charge is 0.383 e. The van der Waals surface area contributed by atoms with E-state index in [-0.39, 0.29) is 0 Å². The van der Waals surface area contributed by atoms with Crippen LogP contribution >= 0.6 is 11.3 Å². The summed E-state index contributed by atoms with van der Waals surface area (Å²) in [6.45, 7) is 5.48. The van der Waals surface area contributed by atoms with Gasteiger partial charge in [0.15, 0.2) is 5.96 Å². The molecular formula is C14H23N3OS. The normalized spacial score (nSPS) is 20.7.